The molecule has 2 heterocycles. The highest BCUT2D eigenvalue weighted by Crippen LogP contribution is 2.33. The number of hydrogen-bond acceptors (Lipinski definition) is 4. The summed E-state index contributed by atoms with van der Waals surface area (Å²) in [4.78, 5) is 12.5. The number of piperidine rings is 1. The van der Waals surface area contributed by atoms with E-state index in [0.29, 0.717) is 30.2 Å². The Bertz CT molecular complexity index is 626. The van der Waals surface area contributed by atoms with Crippen LogP contribution in [-0.2, 0) is 4.79 Å². The molecular weight excluding hydrogens is 364 g/mol. The molecule has 2 aliphatic rings. The Labute approximate surface area is 169 Å². The molecule has 1 aromatic rings. The van der Waals surface area contributed by atoms with E-state index in [1.165, 1.54) is 12.8 Å². The number of nitrogens with one attached hydrogen (secondary N) is 2. The highest BCUT2D eigenvalue weighted by atomic mass is 35.5. The molecule has 1 aromatic carbocycles. The Kier molecular flexibility index (Phi) is 7.80. The van der Waals surface area contributed by atoms with E-state index in [1.807, 2.05) is 39.0 Å². The summed E-state index contributed by atoms with van der Waals surface area (Å²) < 4.78 is 11.2. The van der Waals surface area contributed by atoms with Gasteiger partial charge in [-0.15, -0.1) is 12.4 Å². The first-order valence-electron chi connectivity index (χ1n) is 9.84. The van der Waals surface area contributed by atoms with Gasteiger partial charge in [0.05, 0.1) is 19.3 Å². The van der Waals surface area contributed by atoms with E-state index >= 15 is 0 Å². The first-order valence-corrected chi connectivity index (χ1v) is 9.84. The van der Waals surface area contributed by atoms with Gasteiger partial charge in [-0.3, -0.25) is 4.79 Å². The van der Waals surface area contributed by atoms with Crippen molar-refractivity contribution < 1.29 is 14.3 Å². The number of hydrogen-bond donors (Lipinski definition) is 2. The summed E-state index contributed by atoms with van der Waals surface area (Å²) in [6.07, 6.45) is 5.52. The van der Waals surface area contributed by atoms with Crippen LogP contribution in [0.5, 0.6) is 11.5 Å². The molecule has 2 aliphatic heterocycles. The van der Waals surface area contributed by atoms with Crippen molar-refractivity contribution in [3.8, 4) is 11.5 Å². The van der Waals surface area contributed by atoms with Crippen molar-refractivity contribution in [2.75, 3.05) is 7.11 Å². The minimum Gasteiger partial charge on any atom is -0.493 e. The van der Waals surface area contributed by atoms with Crippen LogP contribution in [0.1, 0.15) is 64.5 Å². The van der Waals surface area contributed by atoms with Gasteiger partial charge in [-0.25, -0.2) is 0 Å². The lowest BCUT2D eigenvalue weighted by atomic mass is 9.89. The van der Waals surface area contributed by atoms with Crippen molar-refractivity contribution in [2.45, 2.75) is 77.1 Å². The predicted molar refractivity (Wildman–Crippen MR) is 110 cm³/mol. The standard InChI is InChI=1S/C21H32N2O3.ClH/c1-13(2)26-19-8-5-16(12-20(19)25-4)14(3)22-21(24)11-15-9-17-6-7-18(10-15)23-17;/h5,8,12-15,17-18,23H,6-7,9-11H2,1-4H3,(H,22,24);1H. The van der Waals surface area contributed by atoms with E-state index in [0.717, 1.165) is 24.2 Å². The maximum absolute atomic E-state index is 12.5. The molecule has 2 N–H and O–H groups in total. The third-order valence-corrected chi connectivity index (χ3v) is 5.47. The van der Waals surface area contributed by atoms with Gasteiger partial charge in [-0.2, -0.15) is 0 Å². The van der Waals surface area contributed by atoms with Gasteiger partial charge in [-0.1, -0.05) is 6.07 Å². The van der Waals surface area contributed by atoms with E-state index in [4.69, 9.17) is 9.47 Å². The SMILES string of the molecule is COc1cc(C(C)NC(=O)CC2CC3CCC(C2)N3)ccc1OC(C)C.Cl. The number of carbonyl (C=O) groups is 1. The van der Waals surface area contributed by atoms with Crippen molar-refractivity contribution in [3.63, 3.8) is 0 Å². The fourth-order valence-electron chi connectivity index (χ4n) is 4.29. The molecule has 1 amide bonds. The van der Waals surface area contributed by atoms with Crippen molar-refractivity contribution in [3.05, 3.63) is 23.8 Å². The van der Waals surface area contributed by atoms with Gasteiger partial charge in [0.1, 0.15) is 0 Å². The van der Waals surface area contributed by atoms with Gasteiger partial charge in [0.2, 0.25) is 5.91 Å². The molecule has 0 aliphatic carbocycles. The number of methoxy groups -OCH3 is 1. The zero-order chi connectivity index (χ0) is 18.7. The van der Waals surface area contributed by atoms with Crippen LogP contribution in [0, 0.1) is 5.92 Å². The number of benzene rings is 1. The van der Waals surface area contributed by atoms with Crippen LogP contribution >= 0.6 is 12.4 Å². The van der Waals surface area contributed by atoms with E-state index < -0.39 is 0 Å². The van der Waals surface area contributed by atoms with Crippen LogP contribution < -0.4 is 20.1 Å². The molecule has 0 saturated carbocycles. The van der Waals surface area contributed by atoms with E-state index in [1.54, 1.807) is 7.11 Å². The summed E-state index contributed by atoms with van der Waals surface area (Å²) in [5.41, 5.74) is 1.02. The minimum atomic E-state index is -0.0528. The molecule has 27 heavy (non-hydrogen) atoms. The summed E-state index contributed by atoms with van der Waals surface area (Å²) in [7, 11) is 1.64. The van der Waals surface area contributed by atoms with E-state index in [-0.39, 0.29) is 30.5 Å². The quantitative estimate of drug-likeness (QED) is 0.731. The lowest BCUT2D eigenvalue weighted by Crippen LogP contribution is -2.40. The number of carbonyl (C=O) groups excluding carboxylic acids is 1. The Morgan fingerprint density at radius 3 is 2.44 bits per heavy atom. The number of amides is 1. The molecule has 0 aromatic heterocycles. The van der Waals surface area contributed by atoms with Crippen LogP contribution in [0.2, 0.25) is 0 Å². The zero-order valence-electron chi connectivity index (χ0n) is 16.8. The molecule has 2 saturated heterocycles. The monoisotopic (exact) mass is 396 g/mol. The third kappa shape index (κ3) is 5.76. The maximum atomic E-state index is 12.5. The first kappa shape index (κ1) is 21.8. The lowest BCUT2D eigenvalue weighted by Gasteiger charge is -2.29. The maximum Gasteiger partial charge on any atom is 0.220 e. The fourth-order valence-corrected chi connectivity index (χ4v) is 4.29. The zero-order valence-corrected chi connectivity index (χ0v) is 17.6. The number of halogens is 1. The lowest BCUT2D eigenvalue weighted by molar-refractivity contribution is -0.122. The molecule has 2 fully saturated rings. The Morgan fingerprint density at radius 1 is 1.19 bits per heavy atom. The highest BCUT2D eigenvalue weighted by molar-refractivity contribution is 5.85. The molecule has 0 spiro atoms. The van der Waals surface area contributed by atoms with Crippen molar-refractivity contribution in [1.82, 2.24) is 10.6 Å². The van der Waals surface area contributed by atoms with Gasteiger partial charge in [0.25, 0.3) is 0 Å². The Morgan fingerprint density at radius 2 is 1.85 bits per heavy atom. The molecule has 152 valence electrons. The molecular formula is C21H33ClN2O3. The molecule has 5 nitrogen and oxygen atoms in total. The van der Waals surface area contributed by atoms with Crippen molar-refractivity contribution in [2.24, 2.45) is 5.92 Å². The molecule has 3 rings (SSSR count). The van der Waals surface area contributed by atoms with Gasteiger partial charge < -0.3 is 20.1 Å². The van der Waals surface area contributed by atoms with Gasteiger partial charge in [-0.05, 0) is 70.1 Å². The molecule has 6 heteroatoms. The molecule has 3 unspecified atom stereocenters. The fraction of sp³-hybridized carbons (Fsp3) is 0.667. The van der Waals surface area contributed by atoms with E-state index in [2.05, 4.69) is 10.6 Å². The smallest absolute Gasteiger partial charge is 0.220 e. The summed E-state index contributed by atoms with van der Waals surface area (Å²) in [5.74, 6) is 2.09. The number of ether oxygens (including phenoxy) is 2. The Hall–Kier alpha value is -1.46. The van der Waals surface area contributed by atoms with Crippen LogP contribution in [0.15, 0.2) is 18.2 Å². The summed E-state index contributed by atoms with van der Waals surface area (Å²) in [6, 6.07) is 7.07. The number of fused-ring (bicyclic) bond motifs is 2. The second-order valence-electron chi connectivity index (χ2n) is 8.05. The summed E-state index contributed by atoms with van der Waals surface area (Å²) in [6.45, 7) is 5.99. The third-order valence-electron chi connectivity index (χ3n) is 5.47. The Balaban J connectivity index is 0.00000261. The van der Waals surface area contributed by atoms with Gasteiger partial charge >= 0.3 is 0 Å². The summed E-state index contributed by atoms with van der Waals surface area (Å²) >= 11 is 0. The van der Waals surface area contributed by atoms with Crippen LogP contribution in [0.25, 0.3) is 0 Å². The van der Waals surface area contributed by atoms with Crippen LogP contribution in [0.3, 0.4) is 0 Å². The molecule has 3 atom stereocenters. The molecule has 2 bridgehead atoms. The topological polar surface area (TPSA) is 59.6 Å². The molecule has 0 radical (unpaired) electrons. The highest BCUT2D eigenvalue weighted by Gasteiger charge is 2.34. The number of rotatable bonds is 7. The van der Waals surface area contributed by atoms with Crippen molar-refractivity contribution in [1.29, 1.82) is 0 Å². The summed E-state index contributed by atoms with van der Waals surface area (Å²) in [5, 5.41) is 6.78. The van der Waals surface area contributed by atoms with Crippen LogP contribution in [-0.4, -0.2) is 31.2 Å². The van der Waals surface area contributed by atoms with Crippen LogP contribution in [0.4, 0.5) is 0 Å². The average molecular weight is 397 g/mol. The van der Waals surface area contributed by atoms with E-state index in [9.17, 15) is 4.79 Å². The van der Waals surface area contributed by atoms with Gasteiger partial charge in [0, 0.05) is 18.5 Å². The first-order chi connectivity index (χ1) is 12.4. The average Bonchev–Trinajstić information content (AvgIpc) is 2.93. The second-order valence-corrected chi connectivity index (χ2v) is 8.05. The normalized spacial score (nSPS) is 24.9. The predicted octanol–water partition coefficient (Wildman–Crippen LogP) is 4.00. The van der Waals surface area contributed by atoms with Gasteiger partial charge in [0.15, 0.2) is 11.5 Å². The largest absolute Gasteiger partial charge is 0.493 e. The van der Waals surface area contributed by atoms with Crippen molar-refractivity contribution >= 4 is 18.3 Å². The minimum absolute atomic E-state index is 0. The second kappa shape index (κ2) is 9.65.